The zero-order valence-corrected chi connectivity index (χ0v) is 12.0. The van der Waals surface area contributed by atoms with Crippen molar-refractivity contribution < 1.29 is 13.2 Å². The average Bonchev–Trinajstić information content (AvgIpc) is 2.35. The molecule has 5 nitrogen and oxygen atoms in total. The third kappa shape index (κ3) is 3.36. The van der Waals surface area contributed by atoms with Gasteiger partial charge in [0.25, 0.3) is 7.12 Å². The molecule has 19 heavy (non-hydrogen) atoms. The molecule has 0 aromatic heterocycles. The van der Waals surface area contributed by atoms with Gasteiger partial charge in [0.2, 0.25) is 5.91 Å². The molecule has 0 aliphatic carbocycles. The first-order valence-electron chi connectivity index (χ1n) is 6.27. The number of benzene rings is 1. The Morgan fingerprint density at radius 2 is 2.11 bits per heavy atom. The van der Waals surface area contributed by atoms with Crippen molar-refractivity contribution in [3.8, 4) is 0 Å². The number of fused-ring (bicyclic) bond motifs is 1. The highest BCUT2D eigenvalue weighted by Gasteiger charge is 2.22. The van der Waals surface area contributed by atoms with Crippen LogP contribution < -0.4 is 9.62 Å². The second-order valence-corrected chi connectivity index (χ2v) is 6.53. The number of hydrogen-bond donors (Lipinski definition) is 1. The van der Waals surface area contributed by atoms with E-state index in [0.717, 1.165) is 30.4 Å². The van der Waals surface area contributed by atoms with Crippen LogP contribution >= 0.6 is 0 Å². The van der Waals surface area contributed by atoms with Crippen molar-refractivity contribution in [3.05, 3.63) is 29.3 Å². The molecule has 0 atom stereocenters. The smallest absolute Gasteiger partial charge is 0.275 e. The van der Waals surface area contributed by atoms with Gasteiger partial charge in [0.1, 0.15) is 0 Å². The maximum atomic E-state index is 11.8. The van der Waals surface area contributed by atoms with Crippen LogP contribution in [-0.4, -0.2) is 28.0 Å². The quantitative estimate of drug-likeness (QED) is 0.787. The number of nitrogens with one attached hydrogen (secondary N) is 1. The molecular formula is C12H17BN2O3S. The number of carbonyl (C=O) groups is 1. The molecule has 1 aliphatic rings. The highest BCUT2D eigenvalue weighted by atomic mass is 32.2. The van der Waals surface area contributed by atoms with Crippen LogP contribution in [0.4, 0.5) is 5.69 Å². The first-order chi connectivity index (χ1) is 8.90. The van der Waals surface area contributed by atoms with Crippen LogP contribution in [0.3, 0.4) is 0 Å². The minimum absolute atomic E-state index is 0.150. The Morgan fingerprint density at radius 1 is 1.37 bits per heavy atom. The number of carbonyl (C=O) groups excluding carboxylic acids is 1. The molecule has 0 saturated heterocycles. The molecule has 1 N–H and O–H groups in total. The van der Waals surface area contributed by atoms with Crippen LogP contribution in [0, 0.1) is 0 Å². The molecule has 7 heteroatoms. The minimum atomic E-state index is -3.18. The Labute approximate surface area is 114 Å². The molecule has 2 rings (SSSR count). The summed E-state index contributed by atoms with van der Waals surface area (Å²) < 4.78 is 24.6. The lowest BCUT2D eigenvalue weighted by Gasteiger charge is -2.28. The van der Waals surface area contributed by atoms with E-state index in [4.69, 9.17) is 0 Å². The van der Waals surface area contributed by atoms with E-state index >= 15 is 0 Å². The van der Waals surface area contributed by atoms with E-state index in [9.17, 15) is 13.2 Å². The predicted molar refractivity (Wildman–Crippen MR) is 77.1 cm³/mol. The highest BCUT2D eigenvalue weighted by Crippen LogP contribution is 2.28. The van der Waals surface area contributed by atoms with Gasteiger partial charge in [-0.2, -0.15) is 0 Å². The molecule has 0 spiro atoms. The highest BCUT2D eigenvalue weighted by molar-refractivity contribution is 8.10. The van der Waals surface area contributed by atoms with Gasteiger partial charge in [0.15, 0.2) is 9.87 Å². The Hall–Kier alpha value is -1.34. The maximum absolute atomic E-state index is 11.8. The van der Waals surface area contributed by atoms with E-state index < -0.39 is 9.87 Å². The fraction of sp³-hybridized carbons (Fsp3) is 0.417. The van der Waals surface area contributed by atoms with E-state index in [1.807, 2.05) is 25.1 Å². The fourth-order valence-electron chi connectivity index (χ4n) is 2.28. The van der Waals surface area contributed by atoms with Gasteiger partial charge >= 0.3 is 0 Å². The van der Waals surface area contributed by atoms with Gasteiger partial charge in [0.05, 0.1) is 0 Å². The van der Waals surface area contributed by atoms with E-state index in [0.29, 0.717) is 13.0 Å². The topological polar surface area (TPSA) is 66.5 Å². The lowest BCUT2D eigenvalue weighted by Crippen LogP contribution is -2.34. The van der Waals surface area contributed by atoms with Gasteiger partial charge in [0, 0.05) is 25.2 Å². The van der Waals surface area contributed by atoms with Gasteiger partial charge in [-0.05, 0) is 30.5 Å². The number of aryl methyl sites for hydroxylation is 1. The van der Waals surface area contributed by atoms with Crippen molar-refractivity contribution in [2.24, 2.45) is 0 Å². The standard InChI is InChI=1S/C12H17BN2O3S/c1-2-15-11-5-3-9(8-14-19(13,17)18)7-10(11)4-6-12(15)16/h3,5,7,14H,2,4,6,8,13H2,1H3. The van der Waals surface area contributed by atoms with Crippen LogP contribution in [-0.2, 0) is 27.6 Å². The Kier molecular flexibility index (Phi) is 3.96. The summed E-state index contributed by atoms with van der Waals surface area (Å²) in [5, 5.41) is 0. The van der Waals surface area contributed by atoms with Crippen molar-refractivity contribution in [1.29, 1.82) is 0 Å². The summed E-state index contributed by atoms with van der Waals surface area (Å²) in [4.78, 5) is 13.5. The van der Waals surface area contributed by atoms with Crippen LogP contribution in [0.15, 0.2) is 18.2 Å². The molecule has 0 radical (unpaired) electrons. The molecule has 0 bridgehead atoms. The second-order valence-electron chi connectivity index (χ2n) is 4.69. The minimum Gasteiger partial charge on any atom is -0.312 e. The zero-order valence-electron chi connectivity index (χ0n) is 11.1. The van der Waals surface area contributed by atoms with Crippen molar-refractivity contribution in [2.75, 3.05) is 11.4 Å². The molecule has 1 aromatic rings. The third-order valence-electron chi connectivity index (χ3n) is 3.20. The molecule has 1 heterocycles. The van der Waals surface area contributed by atoms with Gasteiger partial charge < -0.3 is 4.90 Å². The normalized spacial score (nSPS) is 15.4. The fourth-order valence-corrected chi connectivity index (χ4v) is 2.71. The summed E-state index contributed by atoms with van der Waals surface area (Å²) in [6.07, 6.45) is 1.24. The summed E-state index contributed by atoms with van der Waals surface area (Å²) in [6, 6.07) is 5.73. The number of rotatable bonds is 4. The van der Waals surface area contributed by atoms with Crippen LogP contribution in [0.5, 0.6) is 0 Å². The van der Waals surface area contributed by atoms with E-state index in [1.54, 1.807) is 4.90 Å². The Morgan fingerprint density at radius 3 is 2.74 bits per heavy atom. The number of hydrogen-bond acceptors (Lipinski definition) is 3. The number of amides is 1. The largest absolute Gasteiger partial charge is 0.312 e. The molecule has 0 saturated carbocycles. The van der Waals surface area contributed by atoms with Crippen molar-refractivity contribution in [1.82, 2.24) is 4.72 Å². The Bertz CT molecular complexity index is 601. The number of nitrogens with zero attached hydrogens (tertiary/aromatic N) is 1. The van der Waals surface area contributed by atoms with Gasteiger partial charge in [-0.3, -0.25) is 4.79 Å². The average molecular weight is 280 g/mol. The lowest BCUT2D eigenvalue weighted by molar-refractivity contribution is -0.118. The molecule has 102 valence electrons. The number of anilines is 1. The van der Waals surface area contributed by atoms with Gasteiger partial charge in [-0.15, -0.1) is 0 Å². The van der Waals surface area contributed by atoms with Crippen molar-refractivity contribution in [2.45, 2.75) is 26.3 Å². The van der Waals surface area contributed by atoms with E-state index in [2.05, 4.69) is 4.72 Å². The van der Waals surface area contributed by atoms with Crippen LogP contribution in [0.25, 0.3) is 0 Å². The molecule has 1 amide bonds. The molecule has 1 aliphatic heterocycles. The monoisotopic (exact) mass is 280 g/mol. The van der Waals surface area contributed by atoms with Crippen LogP contribution in [0.1, 0.15) is 24.5 Å². The van der Waals surface area contributed by atoms with Crippen LogP contribution in [0.2, 0.25) is 0 Å². The first-order valence-corrected chi connectivity index (χ1v) is 8.16. The summed E-state index contributed by atoms with van der Waals surface area (Å²) in [5.74, 6) is 0.150. The van der Waals surface area contributed by atoms with Gasteiger partial charge in [-0.25, -0.2) is 13.1 Å². The lowest BCUT2D eigenvalue weighted by atomic mass is 9.99. The zero-order chi connectivity index (χ0) is 14.0. The van der Waals surface area contributed by atoms with Gasteiger partial charge in [-0.1, -0.05) is 12.1 Å². The summed E-state index contributed by atoms with van der Waals surface area (Å²) in [7, 11) is -2.04. The van der Waals surface area contributed by atoms with Crippen molar-refractivity contribution in [3.63, 3.8) is 0 Å². The molecule has 0 unspecified atom stereocenters. The first kappa shape index (κ1) is 14.1. The van der Waals surface area contributed by atoms with E-state index in [1.165, 1.54) is 0 Å². The maximum Gasteiger partial charge on any atom is 0.275 e. The molecule has 0 fully saturated rings. The summed E-state index contributed by atoms with van der Waals surface area (Å²) in [5.41, 5.74) is 2.96. The molecule has 1 aromatic carbocycles. The summed E-state index contributed by atoms with van der Waals surface area (Å²) in [6.45, 7) is 2.89. The Balaban J connectivity index is 2.22. The van der Waals surface area contributed by atoms with E-state index in [-0.39, 0.29) is 12.5 Å². The third-order valence-corrected chi connectivity index (χ3v) is 3.87. The second kappa shape index (κ2) is 5.34. The SMILES string of the molecule is BS(=O)(=O)NCc1ccc2c(c1)CCC(=O)N2CC. The predicted octanol–water partition coefficient (Wildman–Crippen LogP) is -0.0468. The molecular weight excluding hydrogens is 263 g/mol. The van der Waals surface area contributed by atoms with Crippen molar-refractivity contribution >= 4 is 28.6 Å². The summed E-state index contributed by atoms with van der Waals surface area (Å²) >= 11 is 0.